The summed E-state index contributed by atoms with van der Waals surface area (Å²) in [7, 11) is 0. The van der Waals surface area contributed by atoms with Crippen LogP contribution in [0.4, 0.5) is 5.69 Å². The maximum Gasteiger partial charge on any atom is 0.242 e. The SMILES string of the molecule is O=C(CCOc1cccc(Cl)c1)NCC(=O)N1CCN(c2cccc(Cl)c2)CC1. The van der Waals surface area contributed by atoms with Crippen molar-refractivity contribution in [3.05, 3.63) is 58.6 Å². The van der Waals surface area contributed by atoms with Gasteiger partial charge in [-0.3, -0.25) is 9.59 Å². The van der Waals surface area contributed by atoms with Crippen molar-refractivity contribution >= 4 is 40.7 Å². The van der Waals surface area contributed by atoms with Gasteiger partial charge in [0.1, 0.15) is 5.75 Å². The molecule has 2 aromatic carbocycles. The molecule has 1 heterocycles. The van der Waals surface area contributed by atoms with Crippen LogP contribution in [-0.4, -0.2) is 56.0 Å². The van der Waals surface area contributed by atoms with E-state index in [1.807, 2.05) is 24.3 Å². The molecule has 1 N–H and O–H groups in total. The van der Waals surface area contributed by atoms with E-state index in [4.69, 9.17) is 27.9 Å². The third-order valence-electron chi connectivity index (χ3n) is 4.64. The highest BCUT2D eigenvalue weighted by molar-refractivity contribution is 6.31. The van der Waals surface area contributed by atoms with Crippen LogP contribution in [-0.2, 0) is 9.59 Å². The zero-order chi connectivity index (χ0) is 20.6. The van der Waals surface area contributed by atoms with E-state index in [9.17, 15) is 9.59 Å². The van der Waals surface area contributed by atoms with Crippen LogP contribution >= 0.6 is 23.2 Å². The van der Waals surface area contributed by atoms with Gasteiger partial charge in [-0.2, -0.15) is 0 Å². The minimum absolute atomic E-state index is 0.00678. The Labute approximate surface area is 180 Å². The van der Waals surface area contributed by atoms with Gasteiger partial charge >= 0.3 is 0 Å². The summed E-state index contributed by atoms with van der Waals surface area (Å²) in [6, 6.07) is 14.7. The smallest absolute Gasteiger partial charge is 0.242 e. The van der Waals surface area contributed by atoms with Gasteiger partial charge in [-0.25, -0.2) is 0 Å². The van der Waals surface area contributed by atoms with Crippen molar-refractivity contribution in [2.24, 2.45) is 0 Å². The molecule has 3 rings (SSSR count). The molecule has 1 aliphatic heterocycles. The van der Waals surface area contributed by atoms with Gasteiger partial charge in [0.2, 0.25) is 11.8 Å². The molecule has 2 aromatic rings. The molecule has 1 saturated heterocycles. The molecule has 0 aromatic heterocycles. The Morgan fingerprint density at radius 3 is 2.34 bits per heavy atom. The minimum atomic E-state index is -0.224. The summed E-state index contributed by atoms with van der Waals surface area (Å²) in [6.07, 6.45) is 0.169. The number of benzene rings is 2. The molecule has 0 radical (unpaired) electrons. The first-order valence-electron chi connectivity index (χ1n) is 9.44. The number of ether oxygens (including phenoxy) is 1. The number of nitrogens with zero attached hydrogens (tertiary/aromatic N) is 2. The van der Waals surface area contributed by atoms with Gasteiger partial charge in [0.25, 0.3) is 0 Å². The fraction of sp³-hybridized carbons (Fsp3) is 0.333. The number of carbonyl (C=O) groups excluding carboxylic acids is 2. The summed E-state index contributed by atoms with van der Waals surface area (Å²) in [6.45, 7) is 2.89. The van der Waals surface area contributed by atoms with E-state index < -0.39 is 0 Å². The van der Waals surface area contributed by atoms with Crippen LogP contribution < -0.4 is 15.0 Å². The zero-order valence-electron chi connectivity index (χ0n) is 15.9. The lowest BCUT2D eigenvalue weighted by Crippen LogP contribution is -2.51. The quantitative estimate of drug-likeness (QED) is 0.724. The fourth-order valence-corrected chi connectivity index (χ4v) is 3.44. The van der Waals surface area contributed by atoms with E-state index >= 15 is 0 Å². The van der Waals surface area contributed by atoms with Crippen LogP contribution in [0.1, 0.15) is 6.42 Å². The van der Waals surface area contributed by atoms with Crippen molar-refractivity contribution in [1.29, 1.82) is 0 Å². The molecule has 0 saturated carbocycles. The molecule has 0 aliphatic carbocycles. The van der Waals surface area contributed by atoms with Crippen LogP contribution in [0.2, 0.25) is 10.0 Å². The molecule has 8 heteroatoms. The van der Waals surface area contributed by atoms with Gasteiger partial charge in [-0.1, -0.05) is 35.3 Å². The van der Waals surface area contributed by atoms with E-state index in [0.29, 0.717) is 28.9 Å². The standard InChI is InChI=1S/C21H23Cl2N3O3/c22-16-3-1-5-18(13-16)25-8-10-26(11-9-25)21(28)15-24-20(27)7-12-29-19-6-2-4-17(23)14-19/h1-6,13-14H,7-12,15H2,(H,24,27). The van der Waals surface area contributed by atoms with Crippen molar-refractivity contribution in [2.45, 2.75) is 6.42 Å². The summed E-state index contributed by atoms with van der Waals surface area (Å²) in [5, 5.41) is 3.93. The number of rotatable bonds is 7. The largest absolute Gasteiger partial charge is 0.493 e. The maximum absolute atomic E-state index is 12.4. The van der Waals surface area contributed by atoms with Crippen molar-refractivity contribution in [3.8, 4) is 5.75 Å². The van der Waals surface area contributed by atoms with E-state index in [1.165, 1.54) is 0 Å². The average molecular weight is 436 g/mol. The summed E-state index contributed by atoms with van der Waals surface area (Å²) in [5.41, 5.74) is 1.05. The first kappa shape index (κ1) is 21.3. The van der Waals surface area contributed by atoms with E-state index in [0.717, 1.165) is 18.8 Å². The maximum atomic E-state index is 12.4. The highest BCUT2D eigenvalue weighted by Gasteiger charge is 2.21. The van der Waals surface area contributed by atoms with Crippen molar-refractivity contribution < 1.29 is 14.3 Å². The van der Waals surface area contributed by atoms with Crippen LogP contribution in [0.3, 0.4) is 0 Å². The minimum Gasteiger partial charge on any atom is -0.493 e. The number of nitrogens with one attached hydrogen (secondary N) is 1. The van der Waals surface area contributed by atoms with Crippen LogP contribution in [0, 0.1) is 0 Å². The number of amides is 2. The van der Waals surface area contributed by atoms with E-state index in [1.54, 1.807) is 29.2 Å². The molecule has 0 bridgehead atoms. The van der Waals surface area contributed by atoms with Gasteiger partial charge in [0.05, 0.1) is 19.6 Å². The molecular formula is C21H23Cl2N3O3. The number of halogens is 2. The molecule has 1 fully saturated rings. The zero-order valence-corrected chi connectivity index (χ0v) is 17.5. The number of piperazine rings is 1. The first-order chi connectivity index (χ1) is 14.0. The number of hydrogen-bond donors (Lipinski definition) is 1. The summed E-state index contributed by atoms with van der Waals surface area (Å²) >= 11 is 11.9. The summed E-state index contributed by atoms with van der Waals surface area (Å²) in [4.78, 5) is 28.3. The third-order valence-corrected chi connectivity index (χ3v) is 5.11. The Morgan fingerprint density at radius 2 is 1.66 bits per heavy atom. The molecule has 29 heavy (non-hydrogen) atoms. The van der Waals surface area contributed by atoms with Crippen molar-refractivity contribution in [3.63, 3.8) is 0 Å². The van der Waals surface area contributed by atoms with E-state index in [2.05, 4.69) is 10.2 Å². The van der Waals surface area contributed by atoms with Gasteiger partial charge < -0.3 is 19.9 Å². The molecule has 2 amide bonds. The highest BCUT2D eigenvalue weighted by atomic mass is 35.5. The van der Waals surface area contributed by atoms with Crippen LogP contribution in [0.25, 0.3) is 0 Å². The Bertz CT molecular complexity index is 855. The predicted molar refractivity (Wildman–Crippen MR) is 115 cm³/mol. The van der Waals surface area contributed by atoms with Crippen LogP contribution in [0.5, 0.6) is 5.75 Å². The Balaban J connectivity index is 1.35. The summed E-state index contributed by atoms with van der Waals surface area (Å²) in [5.74, 6) is 0.303. The van der Waals surface area contributed by atoms with Crippen LogP contribution in [0.15, 0.2) is 48.5 Å². The third kappa shape index (κ3) is 6.54. The molecule has 1 aliphatic rings. The Kier molecular flexibility index (Phi) is 7.61. The van der Waals surface area contributed by atoms with Gasteiger partial charge in [-0.15, -0.1) is 0 Å². The molecule has 0 spiro atoms. The molecule has 0 atom stereocenters. The van der Waals surface area contributed by atoms with E-state index in [-0.39, 0.29) is 31.4 Å². The lowest BCUT2D eigenvalue weighted by Gasteiger charge is -2.36. The van der Waals surface area contributed by atoms with Gasteiger partial charge in [0, 0.05) is 41.9 Å². The van der Waals surface area contributed by atoms with Crippen molar-refractivity contribution in [2.75, 3.05) is 44.2 Å². The topological polar surface area (TPSA) is 61.9 Å². The second-order valence-electron chi connectivity index (χ2n) is 6.68. The lowest BCUT2D eigenvalue weighted by atomic mass is 10.2. The van der Waals surface area contributed by atoms with Crippen molar-refractivity contribution in [1.82, 2.24) is 10.2 Å². The summed E-state index contributed by atoms with van der Waals surface area (Å²) < 4.78 is 5.49. The number of anilines is 1. The normalized spacial score (nSPS) is 13.9. The van der Waals surface area contributed by atoms with Gasteiger partial charge in [0.15, 0.2) is 0 Å². The second kappa shape index (κ2) is 10.4. The molecule has 0 unspecified atom stereocenters. The lowest BCUT2D eigenvalue weighted by molar-refractivity contribution is -0.133. The van der Waals surface area contributed by atoms with Gasteiger partial charge in [-0.05, 0) is 36.4 Å². The molecule has 154 valence electrons. The molecular weight excluding hydrogens is 413 g/mol. The highest BCUT2D eigenvalue weighted by Crippen LogP contribution is 2.21. The second-order valence-corrected chi connectivity index (χ2v) is 7.55. The first-order valence-corrected chi connectivity index (χ1v) is 10.2. The molecule has 6 nitrogen and oxygen atoms in total. The average Bonchev–Trinajstić information content (AvgIpc) is 2.72. The number of carbonyl (C=O) groups is 2. The number of hydrogen-bond acceptors (Lipinski definition) is 4. The predicted octanol–water partition coefficient (Wildman–Crippen LogP) is 3.23. The Hall–Kier alpha value is -2.44. The Morgan fingerprint density at radius 1 is 0.966 bits per heavy atom. The fourth-order valence-electron chi connectivity index (χ4n) is 3.08. The monoisotopic (exact) mass is 435 g/mol.